The van der Waals surface area contributed by atoms with Crippen LogP contribution in [0.4, 0.5) is 0 Å². The topological polar surface area (TPSA) is 58.2 Å². The minimum Gasteiger partial charge on any atom is -0.315 e. The normalized spacial score (nSPS) is 24.4. The second kappa shape index (κ2) is 5.61. The molecular weight excluding hydrogens is 260 g/mol. The molecule has 1 aromatic carbocycles. The van der Waals surface area contributed by atoms with Crippen molar-refractivity contribution in [2.45, 2.75) is 38.1 Å². The summed E-state index contributed by atoms with van der Waals surface area (Å²) in [4.78, 5) is 0.385. The Morgan fingerprint density at radius 1 is 1.26 bits per heavy atom. The first-order chi connectivity index (χ1) is 8.88. The van der Waals surface area contributed by atoms with Crippen LogP contribution in [0.2, 0.25) is 0 Å². The van der Waals surface area contributed by atoms with Gasteiger partial charge in [0.25, 0.3) is 0 Å². The summed E-state index contributed by atoms with van der Waals surface area (Å²) in [7, 11) is -3.42. The molecule has 4 nitrogen and oxygen atoms in total. The molecule has 2 atom stereocenters. The van der Waals surface area contributed by atoms with E-state index in [1.165, 1.54) is 0 Å². The van der Waals surface area contributed by atoms with Gasteiger partial charge in [-0.3, -0.25) is 0 Å². The van der Waals surface area contributed by atoms with Gasteiger partial charge < -0.3 is 5.32 Å². The van der Waals surface area contributed by atoms with Crippen molar-refractivity contribution in [3.63, 3.8) is 0 Å². The second-order valence-corrected chi connectivity index (χ2v) is 7.27. The van der Waals surface area contributed by atoms with E-state index in [4.69, 9.17) is 0 Å². The number of sulfonamides is 1. The molecule has 2 rings (SSSR count). The summed E-state index contributed by atoms with van der Waals surface area (Å²) in [6.07, 6.45) is 0.886. The van der Waals surface area contributed by atoms with Crippen molar-refractivity contribution in [3.05, 3.63) is 29.3 Å². The van der Waals surface area contributed by atoms with Gasteiger partial charge in [0.2, 0.25) is 10.0 Å². The van der Waals surface area contributed by atoms with Crippen molar-refractivity contribution in [1.29, 1.82) is 0 Å². The highest BCUT2D eigenvalue weighted by Gasteiger charge is 2.25. The van der Waals surface area contributed by atoms with Crippen molar-refractivity contribution < 1.29 is 8.42 Å². The molecule has 0 aromatic heterocycles. The summed E-state index contributed by atoms with van der Waals surface area (Å²) < 4.78 is 27.6. The third-order valence-electron chi connectivity index (χ3n) is 3.51. The van der Waals surface area contributed by atoms with Crippen molar-refractivity contribution in [3.8, 4) is 0 Å². The maximum atomic E-state index is 12.4. The molecule has 5 heteroatoms. The summed E-state index contributed by atoms with van der Waals surface area (Å²) in [5.74, 6) is 0.501. The molecule has 0 saturated carbocycles. The number of piperidine rings is 1. The Balaban J connectivity index is 2.18. The smallest absolute Gasteiger partial charge is 0.241 e. The molecule has 0 spiro atoms. The standard InChI is InChI=1S/C14H22N2O2S/c1-10-4-5-14(12(3)6-10)19(17,18)16-13-7-11(2)8-15-9-13/h4-6,11,13,15-16H,7-9H2,1-3H3. The van der Waals surface area contributed by atoms with E-state index in [-0.39, 0.29) is 6.04 Å². The van der Waals surface area contributed by atoms with Gasteiger partial charge in [0.05, 0.1) is 4.90 Å². The van der Waals surface area contributed by atoms with Crippen LogP contribution in [0.1, 0.15) is 24.5 Å². The van der Waals surface area contributed by atoms with Crippen molar-refractivity contribution in [2.75, 3.05) is 13.1 Å². The van der Waals surface area contributed by atoms with Crippen molar-refractivity contribution in [2.24, 2.45) is 5.92 Å². The maximum Gasteiger partial charge on any atom is 0.241 e. The molecule has 19 heavy (non-hydrogen) atoms. The molecule has 1 aromatic rings. The molecule has 1 fully saturated rings. The third-order valence-corrected chi connectivity index (χ3v) is 5.19. The number of nitrogens with one attached hydrogen (secondary N) is 2. The Hall–Kier alpha value is -0.910. The van der Waals surface area contributed by atoms with Crippen LogP contribution in [0.5, 0.6) is 0 Å². The van der Waals surface area contributed by atoms with Crippen LogP contribution in [0.3, 0.4) is 0 Å². The zero-order valence-electron chi connectivity index (χ0n) is 11.7. The van der Waals surface area contributed by atoms with E-state index in [2.05, 4.69) is 17.0 Å². The Morgan fingerprint density at radius 2 is 2.00 bits per heavy atom. The largest absolute Gasteiger partial charge is 0.315 e. The molecule has 0 amide bonds. The van der Waals surface area contributed by atoms with Crippen LogP contribution in [-0.4, -0.2) is 27.5 Å². The van der Waals surface area contributed by atoms with E-state index in [0.29, 0.717) is 17.4 Å². The molecule has 1 aliphatic rings. The maximum absolute atomic E-state index is 12.4. The number of aryl methyl sites for hydroxylation is 2. The van der Waals surface area contributed by atoms with Gasteiger partial charge >= 0.3 is 0 Å². The second-order valence-electron chi connectivity index (χ2n) is 5.59. The lowest BCUT2D eigenvalue weighted by molar-refractivity contribution is 0.346. The van der Waals surface area contributed by atoms with Crippen LogP contribution in [-0.2, 0) is 10.0 Å². The lowest BCUT2D eigenvalue weighted by Crippen LogP contribution is -2.48. The van der Waals surface area contributed by atoms with Crippen LogP contribution >= 0.6 is 0 Å². The third kappa shape index (κ3) is 3.55. The number of hydrogen-bond acceptors (Lipinski definition) is 3. The number of benzene rings is 1. The highest BCUT2D eigenvalue weighted by Crippen LogP contribution is 2.18. The predicted octanol–water partition coefficient (Wildman–Crippen LogP) is 1.58. The van der Waals surface area contributed by atoms with E-state index < -0.39 is 10.0 Å². The van der Waals surface area contributed by atoms with Gasteiger partial charge in [-0.15, -0.1) is 0 Å². The van der Waals surface area contributed by atoms with E-state index in [1.807, 2.05) is 26.0 Å². The average Bonchev–Trinajstić information content (AvgIpc) is 2.27. The van der Waals surface area contributed by atoms with Gasteiger partial charge in [-0.2, -0.15) is 0 Å². The van der Waals surface area contributed by atoms with E-state index in [9.17, 15) is 8.42 Å². The highest BCUT2D eigenvalue weighted by atomic mass is 32.2. The molecule has 0 radical (unpaired) electrons. The fourth-order valence-corrected chi connectivity index (χ4v) is 4.11. The van der Waals surface area contributed by atoms with Gasteiger partial charge in [-0.25, -0.2) is 13.1 Å². The predicted molar refractivity (Wildman–Crippen MR) is 76.7 cm³/mol. The molecule has 1 heterocycles. The molecule has 2 unspecified atom stereocenters. The van der Waals surface area contributed by atoms with Gasteiger partial charge in [-0.05, 0) is 44.4 Å². The summed E-state index contributed by atoms with van der Waals surface area (Å²) in [5, 5.41) is 3.26. The van der Waals surface area contributed by atoms with Crippen LogP contribution in [0.25, 0.3) is 0 Å². The quantitative estimate of drug-likeness (QED) is 0.885. The fourth-order valence-electron chi connectivity index (χ4n) is 2.63. The van der Waals surface area contributed by atoms with Crippen molar-refractivity contribution >= 4 is 10.0 Å². The van der Waals surface area contributed by atoms with Crippen LogP contribution in [0.15, 0.2) is 23.1 Å². The first-order valence-electron chi connectivity index (χ1n) is 6.69. The summed E-state index contributed by atoms with van der Waals surface area (Å²) in [5.41, 5.74) is 1.87. The fraction of sp³-hybridized carbons (Fsp3) is 0.571. The minimum atomic E-state index is -3.42. The van der Waals surface area contributed by atoms with Gasteiger partial charge in [0.1, 0.15) is 0 Å². The molecule has 2 N–H and O–H groups in total. The Bertz CT molecular complexity index is 555. The van der Waals surface area contributed by atoms with Crippen LogP contribution in [0, 0.1) is 19.8 Å². The molecule has 0 bridgehead atoms. The van der Waals surface area contributed by atoms with Gasteiger partial charge in [0.15, 0.2) is 0 Å². The van der Waals surface area contributed by atoms with Crippen molar-refractivity contribution in [1.82, 2.24) is 10.0 Å². The van der Waals surface area contributed by atoms with E-state index >= 15 is 0 Å². The summed E-state index contributed by atoms with van der Waals surface area (Å²) in [6.45, 7) is 7.59. The lowest BCUT2D eigenvalue weighted by Gasteiger charge is -2.28. The zero-order chi connectivity index (χ0) is 14.0. The highest BCUT2D eigenvalue weighted by molar-refractivity contribution is 7.89. The monoisotopic (exact) mass is 282 g/mol. The number of rotatable bonds is 3. The van der Waals surface area contributed by atoms with E-state index in [1.54, 1.807) is 6.07 Å². The molecule has 106 valence electrons. The molecule has 1 saturated heterocycles. The Kier molecular flexibility index (Phi) is 4.28. The molecule has 0 aliphatic carbocycles. The van der Waals surface area contributed by atoms with Gasteiger partial charge in [0, 0.05) is 12.6 Å². The SMILES string of the molecule is Cc1ccc(S(=O)(=O)NC2CNCC(C)C2)c(C)c1. The molecular formula is C14H22N2O2S. The zero-order valence-corrected chi connectivity index (χ0v) is 12.5. The molecule has 1 aliphatic heterocycles. The summed E-state index contributed by atoms with van der Waals surface area (Å²) in [6, 6.07) is 5.40. The average molecular weight is 282 g/mol. The van der Waals surface area contributed by atoms with Crippen LogP contribution < -0.4 is 10.0 Å². The minimum absolute atomic E-state index is 0.0190. The lowest BCUT2D eigenvalue weighted by atomic mass is 9.99. The first kappa shape index (κ1) is 14.5. The summed E-state index contributed by atoms with van der Waals surface area (Å²) >= 11 is 0. The first-order valence-corrected chi connectivity index (χ1v) is 8.17. The Labute approximate surface area is 115 Å². The van der Waals surface area contributed by atoms with E-state index in [0.717, 1.165) is 24.1 Å². The van der Waals surface area contributed by atoms with Gasteiger partial charge in [-0.1, -0.05) is 24.6 Å². The number of hydrogen-bond donors (Lipinski definition) is 2. The Morgan fingerprint density at radius 3 is 2.63 bits per heavy atom.